The van der Waals surface area contributed by atoms with E-state index < -0.39 is 0 Å². The number of pyridine rings is 1. The molecule has 1 aromatic carbocycles. The van der Waals surface area contributed by atoms with E-state index >= 15 is 0 Å². The van der Waals surface area contributed by atoms with Crippen LogP contribution in [0.1, 0.15) is 36.9 Å². The number of hydrogen-bond acceptors (Lipinski definition) is 4. The van der Waals surface area contributed by atoms with Crippen molar-refractivity contribution >= 4 is 0 Å². The third kappa shape index (κ3) is 4.79. The van der Waals surface area contributed by atoms with Crippen molar-refractivity contribution < 1.29 is 9.84 Å². The lowest BCUT2D eigenvalue weighted by molar-refractivity contribution is 0.210. The largest absolute Gasteiger partial charge is 0.487 e. The Morgan fingerprint density at radius 2 is 2.04 bits per heavy atom. The lowest BCUT2D eigenvalue weighted by Crippen LogP contribution is -2.29. The van der Waals surface area contributed by atoms with Crippen LogP contribution >= 0.6 is 0 Å². The van der Waals surface area contributed by atoms with E-state index in [4.69, 9.17) is 9.84 Å². The zero-order chi connectivity index (χ0) is 16.6. The van der Waals surface area contributed by atoms with Gasteiger partial charge in [0.05, 0.1) is 5.69 Å². The van der Waals surface area contributed by atoms with E-state index in [0.717, 1.165) is 37.4 Å². The third-order valence-electron chi connectivity index (χ3n) is 4.62. The van der Waals surface area contributed by atoms with Gasteiger partial charge in [0.2, 0.25) is 0 Å². The normalized spacial score (nSPS) is 18.0. The molecule has 0 spiro atoms. The van der Waals surface area contributed by atoms with Gasteiger partial charge in [-0.3, -0.25) is 9.88 Å². The number of benzene rings is 1. The zero-order valence-corrected chi connectivity index (χ0v) is 14.1. The molecule has 1 aliphatic heterocycles. The first-order chi connectivity index (χ1) is 11.8. The summed E-state index contributed by atoms with van der Waals surface area (Å²) in [6.45, 7) is 2.94. The molecule has 1 aliphatic rings. The van der Waals surface area contributed by atoms with Crippen molar-refractivity contribution in [1.29, 1.82) is 0 Å². The molecule has 3 rings (SSSR count). The van der Waals surface area contributed by atoms with Crippen molar-refractivity contribution in [1.82, 2.24) is 9.88 Å². The molecule has 2 aromatic rings. The number of likely N-dealkylation sites (tertiary alicyclic amines) is 1. The molecule has 128 valence electrons. The van der Waals surface area contributed by atoms with Gasteiger partial charge in [0, 0.05) is 25.4 Å². The highest BCUT2D eigenvalue weighted by molar-refractivity contribution is 5.27. The van der Waals surface area contributed by atoms with E-state index in [1.54, 1.807) is 6.20 Å². The average molecular weight is 326 g/mol. The summed E-state index contributed by atoms with van der Waals surface area (Å²) >= 11 is 0. The van der Waals surface area contributed by atoms with Crippen LogP contribution < -0.4 is 4.74 Å². The van der Waals surface area contributed by atoms with Gasteiger partial charge in [-0.15, -0.1) is 0 Å². The first-order valence-corrected chi connectivity index (χ1v) is 8.82. The molecule has 1 fully saturated rings. The molecule has 24 heavy (non-hydrogen) atoms. The highest BCUT2D eigenvalue weighted by Crippen LogP contribution is 2.24. The van der Waals surface area contributed by atoms with Crippen molar-refractivity contribution in [3.63, 3.8) is 0 Å². The van der Waals surface area contributed by atoms with Gasteiger partial charge >= 0.3 is 0 Å². The fourth-order valence-corrected chi connectivity index (χ4v) is 3.32. The molecule has 0 saturated carbocycles. The summed E-state index contributed by atoms with van der Waals surface area (Å²) in [7, 11) is 0. The van der Waals surface area contributed by atoms with Gasteiger partial charge in [-0.2, -0.15) is 0 Å². The lowest BCUT2D eigenvalue weighted by atomic mass is 10.1. The molecular weight excluding hydrogens is 300 g/mol. The van der Waals surface area contributed by atoms with E-state index in [1.807, 2.05) is 30.3 Å². The fraction of sp³-hybridized carbons (Fsp3) is 0.450. The molecule has 0 radical (unpaired) electrons. The topological polar surface area (TPSA) is 45.6 Å². The number of hydrogen-bond donors (Lipinski definition) is 1. The monoisotopic (exact) mass is 326 g/mol. The highest BCUT2D eigenvalue weighted by Gasteiger charge is 2.23. The third-order valence-corrected chi connectivity index (χ3v) is 4.62. The van der Waals surface area contributed by atoms with Crippen LogP contribution in [0.4, 0.5) is 0 Å². The number of nitrogens with zero attached hydrogens (tertiary/aromatic N) is 2. The second-order valence-corrected chi connectivity index (χ2v) is 6.39. The van der Waals surface area contributed by atoms with E-state index in [-0.39, 0.29) is 0 Å². The fourth-order valence-electron chi connectivity index (χ4n) is 3.32. The highest BCUT2D eigenvalue weighted by atomic mass is 16.5. The Kier molecular flexibility index (Phi) is 6.21. The number of aromatic nitrogens is 1. The van der Waals surface area contributed by atoms with Crippen LogP contribution in [-0.2, 0) is 13.2 Å². The smallest absolute Gasteiger partial charge is 0.130 e. The summed E-state index contributed by atoms with van der Waals surface area (Å²) < 4.78 is 5.79. The predicted molar refractivity (Wildman–Crippen MR) is 94.8 cm³/mol. The van der Waals surface area contributed by atoms with Gasteiger partial charge in [0.25, 0.3) is 0 Å². The second kappa shape index (κ2) is 8.81. The Balaban J connectivity index is 1.51. The SMILES string of the molecule is OCCC[C@H]1CCCN1Cc1ccc(OCc2ccccn2)cc1. The maximum absolute atomic E-state index is 9.03. The second-order valence-electron chi connectivity index (χ2n) is 6.39. The van der Waals surface area contributed by atoms with Crippen molar-refractivity contribution in [3.8, 4) is 5.75 Å². The molecule has 1 atom stereocenters. The van der Waals surface area contributed by atoms with Crippen LogP contribution in [0.5, 0.6) is 5.75 Å². The van der Waals surface area contributed by atoms with E-state index in [1.165, 1.54) is 18.4 Å². The quantitative estimate of drug-likeness (QED) is 0.807. The lowest BCUT2D eigenvalue weighted by Gasteiger charge is -2.24. The predicted octanol–water partition coefficient (Wildman–Crippen LogP) is 3.40. The minimum absolute atomic E-state index is 0.298. The van der Waals surface area contributed by atoms with Crippen LogP contribution in [0.3, 0.4) is 0 Å². The molecule has 1 N–H and O–H groups in total. The Bertz CT molecular complexity index is 601. The average Bonchev–Trinajstić information content (AvgIpc) is 3.07. The maximum atomic E-state index is 9.03. The molecule has 2 heterocycles. The Morgan fingerprint density at radius 3 is 2.79 bits per heavy atom. The number of aliphatic hydroxyl groups is 1. The minimum Gasteiger partial charge on any atom is -0.487 e. The molecule has 1 saturated heterocycles. The Labute approximate surface area is 144 Å². The number of aliphatic hydroxyl groups excluding tert-OH is 1. The summed E-state index contributed by atoms with van der Waals surface area (Å²) in [6, 6.07) is 14.8. The molecule has 0 aliphatic carbocycles. The van der Waals surface area contributed by atoms with E-state index in [9.17, 15) is 0 Å². The van der Waals surface area contributed by atoms with Crippen LogP contribution in [0.15, 0.2) is 48.7 Å². The number of rotatable bonds is 8. The van der Waals surface area contributed by atoms with Crippen LogP contribution in [0.2, 0.25) is 0 Å². The minimum atomic E-state index is 0.298. The molecule has 0 amide bonds. The van der Waals surface area contributed by atoms with E-state index in [0.29, 0.717) is 19.3 Å². The molecule has 0 bridgehead atoms. The molecule has 0 unspecified atom stereocenters. The van der Waals surface area contributed by atoms with Gasteiger partial charge in [-0.1, -0.05) is 18.2 Å². The summed E-state index contributed by atoms with van der Waals surface area (Å²) in [5.74, 6) is 0.877. The van der Waals surface area contributed by atoms with Gasteiger partial charge in [-0.05, 0) is 62.1 Å². The summed E-state index contributed by atoms with van der Waals surface area (Å²) in [5.41, 5.74) is 2.25. The van der Waals surface area contributed by atoms with Crippen molar-refractivity contribution in [2.24, 2.45) is 0 Å². The zero-order valence-electron chi connectivity index (χ0n) is 14.1. The Hall–Kier alpha value is -1.91. The summed E-state index contributed by atoms with van der Waals surface area (Å²) in [4.78, 5) is 6.80. The maximum Gasteiger partial charge on any atom is 0.130 e. The molecule has 4 nitrogen and oxygen atoms in total. The van der Waals surface area contributed by atoms with Crippen LogP contribution in [0, 0.1) is 0 Å². The van der Waals surface area contributed by atoms with Crippen molar-refractivity contribution in [2.45, 2.75) is 44.9 Å². The van der Waals surface area contributed by atoms with Crippen LogP contribution in [0.25, 0.3) is 0 Å². The summed E-state index contributed by atoms with van der Waals surface area (Å²) in [6.07, 6.45) is 6.31. The first kappa shape index (κ1) is 16.9. The molecule has 1 aromatic heterocycles. The van der Waals surface area contributed by atoms with Crippen molar-refractivity contribution in [3.05, 3.63) is 59.9 Å². The van der Waals surface area contributed by atoms with Gasteiger partial charge in [-0.25, -0.2) is 0 Å². The van der Waals surface area contributed by atoms with Crippen molar-refractivity contribution in [2.75, 3.05) is 13.2 Å². The first-order valence-electron chi connectivity index (χ1n) is 8.82. The summed E-state index contributed by atoms with van der Waals surface area (Å²) in [5, 5.41) is 9.03. The van der Waals surface area contributed by atoms with Gasteiger partial charge in [0.15, 0.2) is 0 Å². The van der Waals surface area contributed by atoms with E-state index in [2.05, 4.69) is 22.0 Å². The van der Waals surface area contributed by atoms with Gasteiger partial charge < -0.3 is 9.84 Å². The van der Waals surface area contributed by atoms with Crippen LogP contribution in [-0.4, -0.2) is 34.2 Å². The Morgan fingerprint density at radius 1 is 1.17 bits per heavy atom. The number of ether oxygens (including phenoxy) is 1. The molecule has 4 heteroatoms. The van der Waals surface area contributed by atoms with Gasteiger partial charge in [0.1, 0.15) is 12.4 Å². The molecular formula is C20H26N2O2. The standard InChI is InChI=1S/C20H26N2O2/c23-14-4-7-19-6-3-13-22(19)15-17-8-10-20(11-9-17)24-16-18-5-1-2-12-21-18/h1-2,5,8-12,19,23H,3-4,6-7,13-16H2/t19-/m1/s1.